The molecule has 1 aliphatic heterocycles. The molecule has 0 spiro atoms. The molecular weight excluding hydrogens is 524 g/mol. The number of methoxy groups -OCH3 is 2. The summed E-state index contributed by atoms with van der Waals surface area (Å²) in [6.07, 6.45) is 0.710. The summed E-state index contributed by atoms with van der Waals surface area (Å²) in [6.45, 7) is 4.19. The van der Waals surface area contributed by atoms with Gasteiger partial charge in [-0.2, -0.15) is 0 Å². The molecule has 0 aliphatic carbocycles. The van der Waals surface area contributed by atoms with Crippen molar-refractivity contribution in [3.63, 3.8) is 0 Å². The quantitative estimate of drug-likeness (QED) is 0.235. The van der Waals surface area contributed by atoms with Crippen LogP contribution >= 0.6 is 23.2 Å². The number of hydrogen-bond donors (Lipinski definition) is 0. The molecule has 0 saturated carbocycles. The molecule has 3 aromatic carbocycles. The van der Waals surface area contributed by atoms with Gasteiger partial charge in [-0.3, -0.25) is 9.80 Å². The Hall–Kier alpha value is -2.51. The standard InChI is InChI=1S/C30H36Cl2FN3O2/c1-37-28-10-5-3-8-23(28)21-35-16-7-17-36(22-24-9-4-6-11-29(24)38-2)30(35)26-13-12-25(20-27(26)33)34(18-14-31)19-15-32/h3-6,8-13,20,30H,7,14-19,21-22H2,1-2H3. The van der Waals surface area contributed by atoms with E-state index in [1.54, 1.807) is 20.3 Å². The van der Waals surface area contributed by atoms with Gasteiger partial charge in [0.05, 0.1) is 20.4 Å². The van der Waals surface area contributed by atoms with Crippen LogP contribution in [-0.2, 0) is 13.1 Å². The zero-order valence-corrected chi connectivity index (χ0v) is 23.6. The van der Waals surface area contributed by atoms with E-state index in [9.17, 15) is 0 Å². The first kappa shape index (κ1) is 28.5. The molecule has 0 N–H and O–H groups in total. The molecule has 8 heteroatoms. The molecule has 204 valence electrons. The Morgan fingerprint density at radius 3 is 1.82 bits per heavy atom. The molecular formula is C30H36Cl2FN3O2. The third-order valence-corrected chi connectivity index (χ3v) is 7.39. The molecule has 1 heterocycles. The summed E-state index contributed by atoms with van der Waals surface area (Å²) >= 11 is 12.0. The number of alkyl halides is 2. The topological polar surface area (TPSA) is 28.2 Å². The largest absolute Gasteiger partial charge is 0.496 e. The van der Waals surface area contributed by atoms with Crippen LogP contribution in [0.2, 0.25) is 0 Å². The first-order valence-electron chi connectivity index (χ1n) is 13.0. The van der Waals surface area contributed by atoms with Gasteiger partial charge in [0, 0.05) is 73.4 Å². The van der Waals surface area contributed by atoms with Gasteiger partial charge in [-0.1, -0.05) is 42.5 Å². The van der Waals surface area contributed by atoms with Gasteiger partial charge in [0.25, 0.3) is 0 Å². The van der Waals surface area contributed by atoms with Crippen molar-refractivity contribution < 1.29 is 13.9 Å². The first-order valence-corrected chi connectivity index (χ1v) is 14.0. The molecule has 0 atom stereocenters. The maximum Gasteiger partial charge on any atom is 0.131 e. The third kappa shape index (κ3) is 6.73. The minimum absolute atomic E-state index is 0.237. The van der Waals surface area contributed by atoms with Crippen molar-refractivity contribution in [2.24, 2.45) is 0 Å². The van der Waals surface area contributed by atoms with Crippen molar-refractivity contribution in [3.8, 4) is 11.5 Å². The normalized spacial score (nSPS) is 15.0. The molecule has 1 saturated heterocycles. The fourth-order valence-electron chi connectivity index (χ4n) is 5.28. The Bertz CT molecular complexity index is 1120. The average molecular weight is 561 g/mol. The Balaban J connectivity index is 1.72. The number of hydrogen-bond acceptors (Lipinski definition) is 5. The van der Waals surface area contributed by atoms with E-state index in [0.717, 1.165) is 47.8 Å². The van der Waals surface area contributed by atoms with Gasteiger partial charge in [0.2, 0.25) is 0 Å². The summed E-state index contributed by atoms with van der Waals surface area (Å²) in [7, 11) is 3.37. The second-order valence-electron chi connectivity index (χ2n) is 9.36. The monoisotopic (exact) mass is 559 g/mol. The summed E-state index contributed by atoms with van der Waals surface area (Å²) in [6, 6.07) is 21.6. The molecule has 0 aromatic heterocycles. The van der Waals surface area contributed by atoms with Gasteiger partial charge in [0.1, 0.15) is 17.3 Å². The number of nitrogens with zero attached hydrogens (tertiary/aromatic N) is 3. The van der Waals surface area contributed by atoms with E-state index in [0.29, 0.717) is 43.5 Å². The van der Waals surface area contributed by atoms with Gasteiger partial charge in [0.15, 0.2) is 0 Å². The minimum atomic E-state index is -0.262. The van der Waals surface area contributed by atoms with E-state index in [4.69, 9.17) is 32.7 Å². The summed E-state index contributed by atoms with van der Waals surface area (Å²) in [5.41, 5.74) is 3.59. The van der Waals surface area contributed by atoms with Crippen LogP contribution in [0.4, 0.5) is 10.1 Å². The van der Waals surface area contributed by atoms with Crippen LogP contribution in [0.15, 0.2) is 66.7 Å². The molecule has 0 amide bonds. The Labute approximate surface area is 235 Å². The number of anilines is 1. The lowest BCUT2D eigenvalue weighted by Gasteiger charge is -2.44. The Kier molecular flexibility index (Phi) is 10.5. The molecule has 0 radical (unpaired) electrons. The summed E-state index contributed by atoms with van der Waals surface area (Å²) < 4.78 is 27.3. The van der Waals surface area contributed by atoms with E-state index in [1.165, 1.54) is 0 Å². The summed E-state index contributed by atoms with van der Waals surface area (Å²) in [5, 5.41) is 0. The van der Waals surface area contributed by atoms with Crippen LogP contribution < -0.4 is 14.4 Å². The van der Waals surface area contributed by atoms with E-state index >= 15 is 4.39 Å². The highest BCUT2D eigenvalue weighted by molar-refractivity contribution is 6.18. The lowest BCUT2D eigenvalue weighted by Crippen LogP contribution is -2.47. The van der Waals surface area contributed by atoms with Crippen LogP contribution in [0.25, 0.3) is 0 Å². The smallest absolute Gasteiger partial charge is 0.131 e. The number of rotatable bonds is 12. The minimum Gasteiger partial charge on any atom is -0.496 e. The lowest BCUT2D eigenvalue weighted by atomic mass is 10.0. The molecule has 3 aromatic rings. The van der Waals surface area contributed by atoms with Crippen LogP contribution in [-0.4, -0.2) is 62.0 Å². The SMILES string of the molecule is COc1ccccc1CN1CCCN(Cc2ccccc2OC)C1c1ccc(N(CCCl)CCCl)cc1F. The third-order valence-electron chi connectivity index (χ3n) is 7.05. The first-order chi connectivity index (χ1) is 18.6. The van der Waals surface area contributed by atoms with Crippen molar-refractivity contribution in [2.45, 2.75) is 25.7 Å². The van der Waals surface area contributed by atoms with E-state index in [-0.39, 0.29) is 12.0 Å². The number of benzene rings is 3. The van der Waals surface area contributed by atoms with Crippen LogP contribution in [0.3, 0.4) is 0 Å². The van der Waals surface area contributed by atoms with E-state index < -0.39 is 0 Å². The van der Waals surface area contributed by atoms with E-state index in [2.05, 4.69) is 21.9 Å². The number of ether oxygens (including phenoxy) is 2. The maximum absolute atomic E-state index is 16.0. The van der Waals surface area contributed by atoms with Crippen molar-refractivity contribution in [3.05, 3.63) is 89.2 Å². The van der Waals surface area contributed by atoms with Gasteiger partial charge in [-0.05, 0) is 30.7 Å². The lowest BCUT2D eigenvalue weighted by molar-refractivity contribution is -0.0118. The highest BCUT2D eigenvalue weighted by Crippen LogP contribution is 2.36. The fourth-order valence-corrected chi connectivity index (χ4v) is 5.69. The van der Waals surface area contributed by atoms with Crippen LogP contribution in [0.5, 0.6) is 11.5 Å². The molecule has 0 bridgehead atoms. The van der Waals surface area contributed by atoms with Gasteiger partial charge in [-0.15, -0.1) is 23.2 Å². The predicted octanol–water partition coefficient (Wildman–Crippen LogP) is 6.53. The van der Waals surface area contributed by atoms with E-state index in [1.807, 2.05) is 53.4 Å². The zero-order chi connectivity index (χ0) is 26.9. The average Bonchev–Trinajstić information content (AvgIpc) is 2.94. The van der Waals surface area contributed by atoms with Crippen molar-refractivity contribution in [1.29, 1.82) is 0 Å². The van der Waals surface area contributed by atoms with Gasteiger partial charge < -0.3 is 14.4 Å². The predicted molar refractivity (Wildman–Crippen MR) is 154 cm³/mol. The van der Waals surface area contributed by atoms with Crippen LogP contribution in [0.1, 0.15) is 29.3 Å². The molecule has 0 unspecified atom stereocenters. The molecule has 5 nitrogen and oxygen atoms in total. The Morgan fingerprint density at radius 1 is 0.816 bits per heavy atom. The number of halogens is 3. The second kappa shape index (κ2) is 14.0. The summed E-state index contributed by atoms with van der Waals surface area (Å²) in [4.78, 5) is 6.70. The summed E-state index contributed by atoms with van der Waals surface area (Å²) in [5.74, 6) is 2.33. The molecule has 1 fully saturated rings. The molecule has 38 heavy (non-hydrogen) atoms. The molecule has 1 aliphatic rings. The van der Waals surface area contributed by atoms with Gasteiger partial charge in [-0.25, -0.2) is 4.39 Å². The van der Waals surface area contributed by atoms with Crippen molar-refractivity contribution in [2.75, 3.05) is 57.1 Å². The van der Waals surface area contributed by atoms with Crippen molar-refractivity contribution in [1.82, 2.24) is 9.80 Å². The van der Waals surface area contributed by atoms with Gasteiger partial charge >= 0.3 is 0 Å². The number of para-hydroxylation sites is 2. The highest BCUT2D eigenvalue weighted by Gasteiger charge is 2.33. The second-order valence-corrected chi connectivity index (χ2v) is 10.1. The van der Waals surface area contributed by atoms with Crippen LogP contribution in [0, 0.1) is 5.82 Å². The zero-order valence-electron chi connectivity index (χ0n) is 22.1. The van der Waals surface area contributed by atoms with Crippen molar-refractivity contribution >= 4 is 28.9 Å². The molecule has 4 rings (SSSR count). The fraction of sp³-hybridized carbons (Fsp3) is 0.400. The maximum atomic E-state index is 16.0. The highest BCUT2D eigenvalue weighted by atomic mass is 35.5. The Morgan fingerprint density at radius 2 is 1.34 bits per heavy atom.